The zero-order valence-corrected chi connectivity index (χ0v) is 14.4. The highest BCUT2D eigenvalue weighted by molar-refractivity contribution is 9.09. The summed E-state index contributed by atoms with van der Waals surface area (Å²) in [5.74, 6) is 0. The Labute approximate surface area is 139 Å². The summed E-state index contributed by atoms with van der Waals surface area (Å²) in [6, 6.07) is 16.0. The summed E-state index contributed by atoms with van der Waals surface area (Å²) in [4.78, 5) is 2.60. The molecule has 0 unspecified atom stereocenters. The van der Waals surface area contributed by atoms with Crippen molar-refractivity contribution in [2.45, 2.75) is 41.9 Å². The van der Waals surface area contributed by atoms with Gasteiger partial charge in [0, 0.05) is 15.1 Å². The molecular weight excluding hydrogens is 342 g/mol. The summed E-state index contributed by atoms with van der Waals surface area (Å²) < 4.78 is 0. The van der Waals surface area contributed by atoms with Gasteiger partial charge in [0.15, 0.2) is 0 Å². The Morgan fingerprint density at radius 3 is 2.76 bits per heavy atom. The van der Waals surface area contributed by atoms with Crippen molar-refractivity contribution in [1.29, 1.82) is 0 Å². The number of nitrogens with one attached hydrogen (secondary N) is 1. The summed E-state index contributed by atoms with van der Waals surface area (Å²) in [7, 11) is 0. The number of hydrogen-bond donors (Lipinski definition) is 1. The molecule has 109 valence electrons. The van der Waals surface area contributed by atoms with Gasteiger partial charge in [-0.25, -0.2) is 0 Å². The average Bonchev–Trinajstić information content (AvgIpc) is 2.53. The van der Waals surface area contributed by atoms with Gasteiger partial charge in [-0.3, -0.25) is 0 Å². The van der Waals surface area contributed by atoms with Gasteiger partial charge >= 0.3 is 0 Å². The SMILES string of the molecule is BrCCCCCCc1c[c]cc2c1Nc1ccccc1S2. The van der Waals surface area contributed by atoms with Crippen LogP contribution in [0.15, 0.2) is 46.2 Å². The molecule has 0 amide bonds. The number of anilines is 2. The topological polar surface area (TPSA) is 12.0 Å². The molecule has 1 nitrogen and oxygen atoms in total. The number of para-hydroxylation sites is 1. The largest absolute Gasteiger partial charge is 0.353 e. The quantitative estimate of drug-likeness (QED) is 0.415. The molecule has 2 aromatic carbocycles. The van der Waals surface area contributed by atoms with E-state index in [1.54, 1.807) is 0 Å². The van der Waals surface area contributed by atoms with Gasteiger partial charge in [0.2, 0.25) is 0 Å². The maximum Gasteiger partial charge on any atom is 0.0559 e. The van der Waals surface area contributed by atoms with E-state index in [-0.39, 0.29) is 0 Å². The van der Waals surface area contributed by atoms with Crippen molar-refractivity contribution >= 4 is 39.1 Å². The lowest BCUT2D eigenvalue weighted by atomic mass is 10.0. The van der Waals surface area contributed by atoms with E-state index >= 15 is 0 Å². The Balaban J connectivity index is 1.71. The van der Waals surface area contributed by atoms with Gasteiger partial charge in [0.1, 0.15) is 0 Å². The number of rotatable bonds is 6. The van der Waals surface area contributed by atoms with Crippen LogP contribution >= 0.6 is 27.7 Å². The molecule has 0 spiro atoms. The van der Waals surface area contributed by atoms with E-state index in [0.717, 1.165) is 11.8 Å². The van der Waals surface area contributed by atoms with Crippen LogP contribution in [0.1, 0.15) is 31.2 Å². The maximum atomic E-state index is 3.61. The van der Waals surface area contributed by atoms with Gasteiger partial charge in [-0.2, -0.15) is 0 Å². The van der Waals surface area contributed by atoms with Crippen LogP contribution in [0.2, 0.25) is 0 Å². The monoisotopic (exact) mass is 360 g/mol. The fourth-order valence-electron chi connectivity index (χ4n) is 2.62. The third-order valence-electron chi connectivity index (χ3n) is 3.74. The van der Waals surface area contributed by atoms with E-state index in [4.69, 9.17) is 0 Å². The number of benzene rings is 2. The molecule has 3 rings (SSSR count). The third-order valence-corrected chi connectivity index (χ3v) is 5.41. The van der Waals surface area contributed by atoms with Crippen LogP contribution < -0.4 is 5.32 Å². The molecule has 3 heteroatoms. The first kappa shape index (κ1) is 15.0. The van der Waals surface area contributed by atoms with Crippen molar-refractivity contribution in [1.82, 2.24) is 0 Å². The van der Waals surface area contributed by atoms with Gasteiger partial charge in [-0.15, -0.1) is 0 Å². The molecule has 0 atom stereocenters. The van der Waals surface area contributed by atoms with Crippen LogP contribution in [0, 0.1) is 6.07 Å². The first-order valence-electron chi connectivity index (χ1n) is 7.51. The molecule has 1 aliphatic rings. The molecular formula is C18H19BrNS. The number of aryl methyl sites for hydroxylation is 1. The average molecular weight is 361 g/mol. The first-order valence-corrected chi connectivity index (χ1v) is 9.45. The Kier molecular flexibility index (Phi) is 5.26. The molecule has 1 aliphatic heterocycles. The number of alkyl halides is 1. The van der Waals surface area contributed by atoms with E-state index in [9.17, 15) is 0 Å². The van der Waals surface area contributed by atoms with Gasteiger partial charge in [-0.05, 0) is 55.2 Å². The fourth-order valence-corrected chi connectivity index (χ4v) is 4.04. The molecule has 0 aromatic heterocycles. The van der Waals surface area contributed by atoms with E-state index < -0.39 is 0 Å². The smallest absolute Gasteiger partial charge is 0.0559 e. The van der Waals surface area contributed by atoms with Crippen molar-refractivity contribution < 1.29 is 0 Å². The van der Waals surface area contributed by atoms with Crippen molar-refractivity contribution in [2.75, 3.05) is 10.6 Å². The van der Waals surface area contributed by atoms with Crippen LogP contribution in [0.3, 0.4) is 0 Å². The molecule has 1 radical (unpaired) electrons. The lowest BCUT2D eigenvalue weighted by Crippen LogP contribution is -2.03. The van der Waals surface area contributed by atoms with Crippen LogP contribution in [0.4, 0.5) is 11.4 Å². The zero-order valence-electron chi connectivity index (χ0n) is 12.0. The summed E-state index contributed by atoms with van der Waals surface area (Å²) >= 11 is 5.34. The number of hydrogen-bond acceptors (Lipinski definition) is 2. The zero-order chi connectivity index (χ0) is 14.5. The van der Waals surface area contributed by atoms with Gasteiger partial charge in [0.25, 0.3) is 0 Å². The Bertz CT molecular complexity index is 612. The minimum absolute atomic E-state index is 1.12. The minimum atomic E-state index is 1.12. The van der Waals surface area contributed by atoms with Crippen LogP contribution in [-0.4, -0.2) is 5.33 Å². The van der Waals surface area contributed by atoms with Crippen molar-refractivity contribution in [2.24, 2.45) is 0 Å². The lowest BCUT2D eigenvalue weighted by Gasteiger charge is -2.23. The molecule has 21 heavy (non-hydrogen) atoms. The van der Waals surface area contributed by atoms with Crippen LogP contribution in [0.25, 0.3) is 0 Å². The second kappa shape index (κ2) is 7.37. The second-order valence-corrected chi connectivity index (χ2v) is 7.17. The summed E-state index contributed by atoms with van der Waals surface area (Å²) in [6.07, 6.45) is 6.29. The highest BCUT2D eigenvalue weighted by Gasteiger charge is 2.17. The maximum absolute atomic E-state index is 3.61. The highest BCUT2D eigenvalue weighted by Crippen LogP contribution is 2.45. The Morgan fingerprint density at radius 2 is 1.86 bits per heavy atom. The molecule has 0 fully saturated rings. The predicted octanol–water partition coefficient (Wildman–Crippen LogP) is 6.19. The fraction of sp³-hybridized carbons (Fsp3) is 0.333. The predicted molar refractivity (Wildman–Crippen MR) is 95.1 cm³/mol. The van der Waals surface area contributed by atoms with E-state index in [1.807, 2.05) is 11.8 Å². The van der Waals surface area contributed by atoms with Crippen molar-refractivity contribution in [3.63, 3.8) is 0 Å². The molecule has 0 aliphatic carbocycles. The lowest BCUT2D eigenvalue weighted by molar-refractivity contribution is 0.671. The molecule has 1 heterocycles. The number of halogens is 1. The standard InChI is InChI=1S/C18H19BrNS/c19-13-6-2-1-3-8-14-9-7-12-17-18(14)20-15-10-4-5-11-16(15)21-17/h4-5,9-12,20H,1-3,6,8,13H2. The van der Waals surface area contributed by atoms with E-state index in [2.05, 4.69) is 63.7 Å². The van der Waals surface area contributed by atoms with Crippen molar-refractivity contribution in [3.8, 4) is 0 Å². The number of fused-ring (bicyclic) bond motifs is 2. The normalized spacial score (nSPS) is 12.4. The van der Waals surface area contributed by atoms with E-state index in [0.29, 0.717) is 0 Å². The summed E-state index contributed by atoms with van der Waals surface area (Å²) in [5, 5.41) is 4.73. The number of unbranched alkanes of at least 4 members (excludes halogenated alkanes) is 3. The molecule has 0 saturated heterocycles. The Morgan fingerprint density at radius 1 is 1.00 bits per heavy atom. The van der Waals surface area contributed by atoms with Gasteiger partial charge in [-0.1, -0.05) is 52.7 Å². The molecule has 0 bridgehead atoms. The van der Waals surface area contributed by atoms with Crippen LogP contribution in [0.5, 0.6) is 0 Å². The molecule has 1 N–H and O–H groups in total. The summed E-state index contributed by atoms with van der Waals surface area (Å²) in [6.45, 7) is 0. The second-order valence-electron chi connectivity index (χ2n) is 5.30. The molecule has 0 saturated carbocycles. The Hall–Kier alpha value is -0.930. The van der Waals surface area contributed by atoms with E-state index in [1.165, 1.54) is 52.4 Å². The summed E-state index contributed by atoms with van der Waals surface area (Å²) in [5.41, 5.74) is 3.91. The van der Waals surface area contributed by atoms with Gasteiger partial charge < -0.3 is 5.32 Å². The van der Waals surface area contributed by atoms with Crippen molar-refractivity contribution in [3.05, 3.63) is 48.0 Å². The highest BCUT2D eigenvalue weighted by atomic mass is 79.9. The minimum Gasteiger partial charge on any atom is -0.353 e. The third kappa shape index (κ3) is 3.64. The molecule has 2 aromatic rings. The van der Waals surface area contributed by atoms with Gasteiger partial charge in [0.05, 0.1) is 11.4 Å². The first-order chi connectivity index (χ1) is 10.4. The van der Waals surface area contributed by atoms with Crippen LogP contribution in [-0.2, 0) is 6.42 Å².